The largest absolute Gasteiger partial charge is 0.381 e. The molecule has 2 heterocycles. The highest BCUT2D eigenvalue weighted by atomic mass is 16.6. The number of aromatic nitrogens is 2. The molecule has 0 aliphatic carbocycles. The van der Waals surface area contributed by atoms with Gasteiger partial charge in [0.05, 0.1) is 6.54 Å². The van der Waals surface area contributed by atoms with Crippen LogP contribution in [0.2, 0.25) is 0 Å². The Hall–Kier alpha value is -2.60. The SMILES string of the molecule is Cc1nc([N+](=O)[O-])cn1CCN1C=CC(=C=O)N1. The Balaban J connectivity index is 1.97. The summed E-state index contributed by atoms with van der Waals surface area (Å²) in [5.41, 5.74) is 3.17. The summed E-state index contributed by atoms with van der Waals surface area (Å²) in [6.07, 6.45) is 4.71. The second-order valence-electron chi connectivity index (χ2n) is 3.73. The van der Waals surface area contributed by atoms with Gasteiger partial charge < -0.3 is 14.7 Å². The average Bonchev–Trinajstić information content (AvgIpc) is 2.93. The van der Waals surface area contributed by atoms with Crippen molar-refractivity contribution in [2.24, 2.45) is 0 Å². The predicted octanol–water partition coefficient (Wildman–Crippen LogP) is 0.149. The summed E-state index contributed by atoms with van der Waals surface area (Å²) in [7, 11) is 0. The van der Waals surface area contributed by atoms with E-state index in [0.29, 0.717) is 24.6 Å². The lowest BCUT2D eigenvalue weighted by Gasteiger charge is -2.16. The van der Waals surface area contributed by atoms with E-state index in [4.69, 9.17) is 0 Å². The van der Waals surface area contributed by atoms with Crippen molar-refractivity contribution in [2.75, 3.05) is 6.54 Å². The minimum atomic E-state index is -0.523. The topological polar surface area (TPSA) is 93.3 Å². The van der Waals surface area contributed by atoms with Crippen molar-refractivity contribution in [3.8, 4) is 0 Å². The zero-order valence-electron chi connectivity index (χ0n) is 9.66. The van der Waals surface area contributed by atoms with Gasteiger partial charge in [-0.1, -0.05) is 0 Å². The van der Waals surface area contributed by atoms with E-state index < -0.39 is 4.92 Å². The molecule has 8 nitrogen and oxygen atoms in total. The lowest BCUT2D eigenvalue weighted by molar-refractivity contribution is -0.389. The van der Waals surface area contributed by atoms with Crippen molar-refractivity contribution in [3.05, 3.63) is 40.1 Å². The fraction of sp³-hybridized carbons (Fsp3) is 0.300. The van der Waals surface area contributed by atoms with Gasteiger partial charge in [0.1, 0.15) is 11.9 Å². The average molecular weight is 249 g/mol. The maximum Gasteiger partial charge on any atom is 0.381 e. The maximum atomic E-state index is 10.6. The van der Waals surface area contributed by atoms with Crippen LogP contribution in [0.3, 0.4) is 0 Å². The van der Waals surface area contributed by atoms with Gasteiger partial charge >= 0.3 is 5.82 Å². The van der Waals surface area contributed by atoms with Gasteiger partial charge in [-0.15, -0.1) is 0 Å². The molecule has 1 aliphatic heterocycles. The smallest absolute Gasteiger partial charge is 0.358 e. The molecule has 0 amide bonds. The van der Waals surface area contributed by atoms with E-state index in [9.17, 15) is 14.9 Å². The van der Waals surface area contributed by atoms with E-state index >= 15 is 0 Å². The Morgan fingerprint density at radius 3 is 2.89 bits per heavy atom. The van der Waals surface area contributed by atoms with Gasteiger partial charge in [0, 0.05) is 19.7 Å². The van der Waals surface area contributed by atoms with Crippen LogP contribution in [-0.2, 0) is 11.3 Å². The number of imidazole rings is 1. The van der Waals surface area contributed by atoms with Crippen molar-refractivity contribution in [3.63, 3.8) is 0 Å². The molecular formula is C10H11N5O3. The number of aryl methyl sites for hydroxylation is 1. The number of hydrogen-bond acceptors (Lipinski definition) is 6. The highest BCUT2D eigenvalue weighted by Gasteiger charge is 2.16. The number of carbonyl (C=O) groups excluding carboxylic acids is 1. The zero-order valence-corrected chi connectivity index (χ0v) is 9.66. The van der Waals surface area contributed by atoms with Crippen LogP contribution in [0.25, 0.3) is 0 Å². The molecule has 1 aliphatic rings. The Bertz CT molecular complexity index is 556. The first kappa shape index (κ1) is 11.9. The molecule has 0 spiro atoms. The lowest BCUT2D eigenvalue weighted by Crippen LogP contribution is -2.31. The Labute approximate surface area is 102 Å². The summed E-state index contributed by atoms with van der Waals surface area (Å²) in [6, 6.07) is 0. The molecule has 0 fully saturated rings. The number of allylic oxidation sites excluding steroid dienone is 1. The minimum Gasteiger partial charge on any atom is -0.358 e. The monoisotopic (exact) mass is 249 g/mol. The first-order valence-electron chi connectivity index (χ1n) is 5.25. The molecule has 0 aromatic carbocycles. The third-order valence-electron chi connectivity index (χ3n) is 2.53. The second-order valence-corrected chi connectivity index (χ2v) is 3.73. The third kappa shape index (κ3) is 2.38. The molecular weight excluding hydrogens is 238 g/mol. The molecule has 0 saturated carbocycles. The van der Waals surface area contributed by atoms with Gasteiger partial charge in [0.15, 0.2) is 5.94 Å². The Morgan fingerprint density at radius 1 is 1.56 bits per heavy atom. The number of hydrogen-bond donors (Lipinski definition) is 1. The van der Waals surface area contributed by atoms with Crippen LogP contribution < -0.4 is 5.43 Å². The van der Waals surface area contributed by atoms with E-state index in [1.54, 1.807) is 34.7 Å². The van der Waals surface area contributed by atoms with Crippen LogP contribution in [0.15, 0.2) is 24.2 Å². The molecule has 0 bridgehead atoms. The maximum absolute atomic E-state index is 10.6. The number of hydrazine groups is 1. The second kappa shape index (κ2) is 4.72. The van der Waals surface area contributed by atoms with Crippen LogP contribution in [0.1, 0.15) is 5.82 Å². The van der Waals surface area contributed by atoms with Crippen LogP contribution in [0.4, 0.5) is 5.82 Å². The summed E-state index contributed by atoms with van der Waals surface area (Å²) in [4.78, 5) is 24.2. The van der Waals surface area contributed by atoms with Crippen LogP contribution in [-0.4, -0.2) is 32.0 Å². The zero-order chi connectivity index (χ0) is 13.1. The van der Waals surface area contributed by atoms with E-state index in [-0.39, 0.29) is 5.82 Å². The minimum absolute atomic E-state index is 0.161. The van der Waals surface area contributed by atoms with Crippen molar-refractivity contribution in [2.45, 2.75) is 13.5 Å². The Morgan fingerprint density at radius 2 is 2.33 bits per heavy atom. The first-order valence-corrected chi connectivity index (χ1v) is 5.25. The highest BCUT2D eigenvalue weighted by molar-refractivity contribution is 5.56. The number of nitro groups is 1. The molecule has 18 heavy (non-hydrogen) atoms. The van der Waals surface area contributed by atoms with Crippen LogP contribution in [0.5, 0.6) is 0 Å². The van der Waals surface area contributed by atoms with Gasteiger partial charge in [0.2, 0.25) is 5.82 Å². The van der Waals surface area contributed by atoms with Gasteiger partial charge in [-0.3, -0.25) is 10.4 Å². The number of nitrogens with one attached hydrogen (secondary N) is 1. The van der Waals surface area contributed by atoms with Crippen molar-refractivity contribution >= 4 is 11.8 Å². The third-order valence-corrected chi connectivity index (χ3v) is 2.53. The summed E-state index contributed by atoms with van der Waals surface area (Å²) in [6.45, 7) is 2.78. The standard InChI is InChI=1S/C10H11N5O3/c1-8-11-10(15(17)18)6-13(8)4-5-14-3-2-9(7-16)12-14/h2-3,6,12H,4-5H2,1H3. The van der Waals surface area contributed by atoms with Crippen molar-refractivity contribution in [1.82, 2.24) is 20.0 Å². The van der Waals surface area contributed by atoms with Crippen LogP contribution in [0, 0.1) is 17.0 Å². The summed E-state index contributed by atoms with van der Waals surface area (Å²) in [5.74, 6) is 2.16. The molecule has 1 N–H and O–H groups in total. The molecule has 0 atom stereocenters. The van der Waals surface area contributed by atoms with Crippen molar-refractivity contribution < 1.29 is 9.72 Å². The quantitative estimate of drug-likeness (QED) is 0.464. The highest BCUT2D eigenvalue weighted by Crippen LogP contribution is 2.10. The lowest BCUT2D eigenvalue weighted by atomic mass is 10.5. The Kier molecular flexibility index (Phi) is 3.11. The molecule has 8 heteroatoms. The van der Waals surface area contributed by atoms with Crippen LogP contribution >= 0.6 is 0 Å². The first-order chi connectivity index (χ1) is 8.60. The van der Waals surface area contributed by atoms with E-state index in [2.05, 4.69) is 10.4 Å². The molecule has 2 rings (SSSR count). The van der Waals surface area contributed by atoms with Gasteiger partial charge in [-0.05, 0) is 16.0 Å². The normalized spacial score (nSPS) is 13.6. The van der Waals surface area contributed by atoms with Gasteiger partial charge in [-0.2, -0.15) is 0 Å². The summed E-state index contributed by atoms with van der Waals surface area (Å²) < 4.78 is 1.69. The molecule has 0 saturated heterocycles. The molecule has 1 aromatic rings. The molecule has 1 aromatic heterocycles. The predicted molar refractivity (Wildman–Crippen MR) is 61.8 cm³/mol. The fourth-order valence-electron chi connectivity index (χ4n) is 1.60. The fourth-order valence-corrected chi connectivity index (χ4v) is 1.60. The van der Waals surface area contributed by atoms with Gasteiger partial charge in [0.25, 0.3) is 0 Å². The summed E-state index contributed by atoms with van der Waals surface area (Å²) in [5, 5.41) is 12.3. The number of rotatable bonds is 4. The van der Waals surface area contributed by atoms with E-state index in [0.717, 1.165) is 0 Å². The van der Waals surface area contributed by atoms with Gasteiger partial charge in [-0.25, -0.2) is 4.79 Å². The number of nitrogens with zero attached hydrogens (tertiary/aromatic N) is 4. The molecule has 94 valence electrons. The molecule has 0 radical (unpaired) electrons. The summed E-state index contributed by atoms with van der Waals surface area (Å²) >= 11 is 0. The van der Waals surface area contributed by atoms with E-state index in [1.807, 2.05) is 0 Å². The molecule has 0 unspecified atom stereocenters. The van der Waals surface area contributed by atoms with E-state index in [1.165, 1.54) is 6.20 Å². The van der Waals surface area contributed by atoms with Crippen molar-refractivity contribution in [1.29, 1.82) is 0 Å².